The highest BCUT2D eigenvalue weighted by molar-refractivity contribution is 5.95. The van der Waals surface area contributed by atoms with Crippen LogP contribution < -0.4 is 11.1 Å². The van der Waals surface area contributed by atoms with E-state index in [9.17, 15) is 13.6 Å². The molecule has 0 saturated heterocycles. The smallest absolute Gasteiger partial charge is 0.254 e. The lowest BCUT2D eigenvalue weighted by molar-refractivity contribution is 0.0895. The van der Waals surface area contributed by atoms with Crippen molar-refractivity contribution >= 4 is 5.91 Å². The zero-order valence-electron chi connectivity index (χ0n) is 11.5. The maximum atomic E-state index is 13.6. The average molecular weight is 270 g/mol. The fraction of sp³-hybridized carbons (Fsp3) is 0.500. The number of carbonyl (C=O) groups is 1. The molecule has 3 nitrogen and oxygen atoms in total. The number of hydrogen-bond acceptors (Lipinski definition) is 2. The summed E-state index contributed by atoms with van der Waals surface area (Å²) in [4.78, 5) is 12.1. The molecule has 0 aromatic heterocycles. The molecule has 3 N–H and O–H groups in total. The Morgan fingerprint density at radius 3 is 2.53 bits per heavy atom. The van der Waals surface area contributed by atoms with Gasteiger partial charge in [-0.1, -0.05) is 6.92 Å². The number of halogens is 2. The molecular weight excluding hydrogens is 250 g/mol. The van der Waals surface area contributed by atoms with Crippen molar-refractivity contribution in [2.75, 3.05) is 6.54 Å². The molecule has 0 bridgehead atoms. The lowest BCUT2D eigenvalue weighted by atomic mass is 9.94. The Balaban J connectivity index is 2.98. The van der Waals surface area contributed by atoms with E-state index in [-0.39, 0.29) is 11.1 Å². The summed E-state index contributed by atoms with van der Waals surface area (Å²) in [5, 5.41) is 2.77. The van der Waals surface area contributed by atoms with Crippen molar-refractivity contribution < 1.29 is 13.6 Å². The molecule has 0 aliphatic rings. The number of aryl methyl sites for hydroxylation is 1. The quantitative estimate of drug-likeness (QED) is 0.863. The SMILES string of the molecule is CCC(C)(CCN)NC(=O)c1cc(C)c(F)cc1F. The second-order valence-electron chi connectivity index (χ2n) is 4.99. The number of hydrogen-bond donors (Lipinski definition) is 2. The summed E-state index contributed by atoms with van der Waals surface area (Å²) in [5.74, 6) is -2.06. The van der Waals surface area contributed by atoms with Crippen LogP contribution in [0.15, 0.2) is 12.1 Å². The third kappa shape index (κ3) is 3.73. The van der Waals surface area contributed by atoms with E-state index >= 15 is 0 Å². The maximum absolute atomic E-state index is 13.6. The Hall–Kier alpha value is -1.49. The summed E-state index contributed by atoms with van der Waals surface area (Å²) in [6, 6.07) is 1.95. The lowest BCUT2D eigenvalue weighted by Crippen LogP contribution is -2.47. The van der Waals surface area contributed by atoms with Gasteiger partial charge >= 0.3 is 0 Å². The van der Waals surface area contributed by atoms with E-state index < -0.39 is 23.1 Å². The number of rotatable bonds is 5. The van der Waals surface area contributed by atoms with E-state index in [2.05, 4.69) is 5.32 Å². The average Bonchev–Trinajstić information content (AvgIpc) is 2.33. The summed E-state index contributed by atoms with van der Waals surface area (Å²) < 4.78 is 26.8. The van der Waals surface area contributed by atoms with E-state index in [4.69, 9.17) is 5.73 Å². The van der Waals surface area contributed by atoms with Gasteiger partial charge in [-0.3, -0.25) is 4.79 Å². The van der Waals surface area contributed by atoms with Gasteiger partial charge in [0.25, 0.3) is 5.91 Å². The predicted octanol–water partition coefficient (Wildman–Crippen LogP) is 2.52. The van der Waals surface area contributed by atoms with Gasteiger partial charge in [0.05, 0.1) is 5.56 Å². The van der Waals surface area contributed by atoms with E-state index in [0.29, 0.717) is 19.4 Å². The van der Waals surface area contributed by atoms with Gasteiger partial charge in [-0.2, -0.15) is 0 Å². The first kappa shape index (κ1) is 15.6. The van der Waals surface area contributed by atoms with Crippen molar-refractivity contribution in [3.05, 3.63) is 34.9 Å². The van der Waals surface area contributed by atoms with Gasteiger partial charge in [0.15, 0.2) is 0 Å². The van der Waals surface area contributed by atoms with Crippen molar-refractivity contribution in [3.63, 3.8) is 0 Å². The molecular formula is C14H20F2N2O. The van der Waals surface area contributed by atoms with Crippen LogP contribution in [-0.4, -0.2) is 18.0 Å². The molecule has 5 heteroatoms. The van der Waals surface area contributed by atoms with Gasteiger partial charge < -0.3 is 11.1 Å². The first-order chi connectivity index (χ1) is 8.83. The number of benzene rings is 1. The minimum Gasteiger partial charge on any atom is -0.347 e. The van der Waals surface area contributed by atoms with Gasteiger partial charge in [-0.05, 0) is 44.9 Å². The highest BCUT2D eigenvalue weighted by Crippen LogP contribution is 2.18. The molecule has 0 aliphatic heterocycles. The Bertz CT molecular complexity index is 477. The number of amides is 1. The molecule has 0 aliphatic carbocycles. The normalized spacial score (nSPS) is 14.0. The second-order valence-corrected chi connectivity index (χ2v) is 4.99. The summed E-state index contributed by atoms with van der Waals surface area (Å²) >= 11 is 0. The molecule has 0 radical (unpaired) electrons. The fourth-order valence-corrected chi connectivity index (χ4v) is 1.82. The van der Waals surface area contributed by atoms with Crippen LogP contribution in [0.1, 0.15) is 42.6 Å². The molecule has 1 amide bonds. The van der Waals surface area contributed by atoms with Gasteiger partial charge in [0.2, 0.25) is 0 Å². The largest absolute Gasteiger partial charge is 0.347 e. The van der Waals surface area contributed by atoms with Crippen LogP contribution in [0.4, 0.5) is 8.78 Å². The summed E-state index contributed by atoms with van der Waals surface area (Å²) in [6.07, 6.45) is 1.27. The number of carbonyl (C=O) groups excluding carboxylic acids is 1. The van der Waals surface area contributed by atoms with Crippen LogP contribution in [0.3, 0.4) is 0 Å². The summed E-state index contributed by atoms with van der Waals surface area (Å²) in [7, 11) is 0. The molecule has 0 heterocycles. The van der Waals surface area contributed by atoms with E-state index in [0.717, 1.165) is 6.07 Å². The van der Waals surface area contributed by atoms with Crippen LogP contribution in [0.2, 0.25) is 0 Å². The van der Waals surface area contributed by atoms with Crippen molar-refractivity contribution in [2.45, 2.75) is 39.2 Å². The predicted molar refractivity (Wildman–Crippen MR) is 70.9 cm³/mol. The number of nitrogens with one attached hydrogen (secondary N) is 1. The third-order valence-corrected chi connectivity index (χ3v) is 3.38. The molecule has 106 valence electrons. The van der Waals surface area contributed by atoms with Gasteiger partial charge in [-0.15, -0.1) is 0 Å². The maximum Gasteiger partial charge on any atom is 0.254 e. The van der Waals surface area contributed by atoms with Crippen LogP contribution in [0.25, 0.3) is 0 Å². The fourth-order valence-electron chi connectivity index (χ4n) is 1.82. The van der Waals surface area contributed by atoms with E-state index in [1.807, 2.05) is 13.8 Å². The molecule has 0 fully saturated rings. The second kappa shape index (κ2) is 6.10. The molecule has 1 aromatic carbocycles. The molecule has 0 saturated carbocycles. The molecule has 1 atom stereocenters. The molecule has 1 unspecified atom stereocenters. The topological polar surface area (TPSA) is 55.1 Å². The zero-order valence-corrected chi connectivity index (χ0v) is 11.5. The van der Waals surface area contributed by atoms with Gasteiger partial charge in [0, 0.05) is 11.6 Å². The van der Waals surface area contributed by atoms with Crippen LogP contribution in [0.5, 0.6) is 0 Å². The van der Waals surface area contributed by atoms with Crippen molar-refractivity contribution in [1.82, 2.24) is 5.32 Å². The third-order valence-electron chi connectivity index (χ3n) is 3.38. The Morgan fingerprint density at radius 2 is 2.00 bits per heavy atom. The van der Waals surface area contributed by atoms with Crippen molar-refractivity contribution in [3.8, 4) is 0 Å². The molecule has 1 aromatic rings. The van der Waals surface area contributed by atoms with Crippen LogP contribution >= 0.6 is 0 Å². The first-order valence-electron chi connectivity index (χ1n) is 6.31. The standard InChI is InChI=1S/C14H20F2N2O/c1-4-14(3,5-6-17)18-13(19)10-7-9(2)11(15)8-12(10)16/h7-8H,4-6,17H2,1-3H3,(H,18,19). The first-order valence-corrected chi connectivity index (χ1v) is 6.31. The Labute approximate surface area is 112 Å². The molecule has 0 spiro atoms. The molecule has 19 heavy (non-hydrogen) atoms. The highest BCUT2D eigenvalue weighted by atomic mass is 19.1. The van der Waals surface area contributed by atoms with Crippen LogP contribution in [0, 0.1) is 18.6 Å². The van der Waals surface area contributed by atoms with E-state index in [1.165, 1.54) is 13.0 Å². The van der Waals surface area contributed by atoms with Gasteiger partial charge in [0.1, 0.15) is 11.6 Å². The van der Waals surface area contributed by atoms with Crippen molar-refractivity contribution in [2.24, 2.45) is 5.73 Å². The summed E-state index contributed by atoms with van der Waals surface area (Å²) in [6.45, 7) is 5.69. The Kier molecular flexibility index (Phi) is 5.00. The minimum atomic E-state index is -0.855. The Morgan fingerprint density at radius 1 is 1.37 bits per heavy atom. The van der Waals surface area contributed by atoms with Crippen molar-refractivity contribution in [1.29, 1.82) is 0 Å². The zero-order chi connectivity index (χ0) is 14.6. The highest BCUT2D eigenvalue weighted by Gasteiger charge is 2.25. The van der Waals surface area contributed by atoms with Crippen LogP contribution in [-0.2, 0) is 0 Å². The van der Waals surface area contributed by atoms with Gasteiger partial charge in [-0.25, -0.2) is 8.78 Å². The minimum absolute atomic E-state index is 0.143. The number of nitrogens with two attached hydrogens (primary N) is 1. The monoisotopic (exact) mass is 270 g/mol. The molecule has 1 rings (SSSR count). The summed E-state index contributed by atoms with van der Waals surface area (Å²) in [5.41, 5.74) is 5.11. The lowest BCUT2D eigenvalue weighted by Gasteiger charge is -2.29. The van der Waals surface area contributed by atoms with E-state index in [1.54, 1.807) is 0 Å².